The Morgan fingerprint density at radius 2 is 1.94 bits per heavy atom. The third-order valence-electron chi connectivity index (χ3n) is 2.03. The zero-order valence-corrected chi connectivity index (χ0v) is 10.9. The summed E-state index contributed by atoms with van der Waals surface area (Å²) < 4.78 is 36.4. The summed E-state index contributed by atoms with van der Waals surface area (Å²) in [5.41, 5.74) is 1.73. The number of benzene rings is 1. The Kier molecular flexibility index (Phi) is 4.74. The molecule has 0 radical (unpaired) electrons. The molecule has 1 N–H and O–H groups in total. The number of alkyl halides is 3. The summed E-state index contributed by atoms with van der Waals surface area (Å²) in [4.78, 5) is 0.674. The van der Waals surface area contributed by atoms with E-state index in [9.17, 15) is 13.2 Å². The quantitative estimate of drug-likeness (QED) is 0.804. The third-order valence-corrected chi connectivity index (χ3v) is 3.26. The van der Waals surface area contributed by atoms with E-state index < -0.39 is 11.9 Å². The Bertz CT molecular complexity index is 375. The first-order valence-corrected chi connectivity index (χ1v) is 6.33. The number of rotatable bonds is 4. The van der Waals surface area contributed by atoms with Crippen LogP contribution in [-0.4, -0.2) is 18.0 Å². The molecule has 0 unspecified atom stereocenters. The molecule has 0 spiro atoms. The van der Waals surface area contributed by atoms with Crippen molar-refractivity contribution in [2.45, 2.75) is 37.9 Å². The average molecular weight is 263 g/mol. The molecule has 1 aromatic carbocycles. The zero-order chi connectivity index (χ0) is 13.1. The predicted octanol–water partition coefficient (Wildman–Crippen LogP) is 4.47. The topological polar surface area (TPSA) is 12.0 Å². The number of aryl methyl sites for hydroxylation is 1. The van der Waals surface area contributed by atoms with Gasteiger partial charge in [0.25, 0.3) is 0 Å². The van der Waals surface area contributed by atoms with E-state index >= 15 is 0 Å². The molecule has 0 aromatic heterocycles. The summed E-state index contributed by atoms with van der Waals surface area (Å²) >= 11 is 0.830. The Morgan fingerprint density at radius 1 is 1.29 bits per heavy atom. The van der Waals surface area contributed by atoms with Crippen molar-refractivity contribution < 1.29 is 13.2 Å². The smallest absolute Gasteiger partial charge is 0.383 e. The van der Waals surface area contributed by atoms with E-state index in [2.05, 4.69) is 5.32 Å². The maximum atomic E-state index is 12.1. The van der Waals surface area contributed by atoms with Crippen molar-refractivity contribution in [3.8, 4) is 0 Å². The minimum atomic E-state index is -4.13. The highest BCUT2D eigenvalue weighted by Gasteiger charge is 2.27. The number of halogens is 3. The maximum Gasteiger partial charge on any atom is 0.398 e. The van der Waals surface area contributed by atoms with Gasteiger partial charge in [0.1, 0.15) is 0 Å². The van der Waals surface area contributed by atoms with Crippen LogP contribution in [0.1, 0.15) is 19.4 Å². The fraction of sp³-hybridized carbons (Fsp3) is 0.500. The second-order valence-corrected chi connectivity index (χ2v) is 5.20. The van der Waals surface area contributed by atoms with Crippen molar-refractivity contribution in [2.75, 3.05) is 11.1 Å². The van der Waals surface area contributed by atoms with Gasteiger partial charge in [0.15, 0.2) is 0 Å². The van der Waals surface area contributed by atoms with Gasteiger partial charge in [0.2, 0.25) is 0 Å². The molecule has 0 amide bonds. The van der Waals surface area contributed by atoms with Gasteiger partial charge in [-0.1, -0.05) is 6.07 Å². The Morgan fingerprint density at radius 3 is 2.47 bits per heavy atom. The van der Waals surface area contributed by atoms with Crippen LogP contribution in [0.4, 0.5) is 18.9 Å². The molecule has 5 heteroatoms. The molecule has 0 aliphatic rings. The molecule has 1 nitrogen and oxygen atoms in total. The first-order valence-electron chi connectivity index (χ1n) is 5.34. The molecule has 0 saturated carbocycles. The van der Waals surface area contributed by atoms with E-state index in [1.165, 1.54) is 0 Å². The molecule has 0 aliphatic carbocycles. The second-order valence-electron chi connectivity index (χ2n) is 4.18. The molecule has 0 heterocycles. The van der Waals surface area contributed by atoms with Crippen LogP contribution in [-0.2, 0) is 0 Å². The molecule has 17 heavy (non-hydrogen) atoms. The van der Waals surface area contributed by atoms with E-state index in [1.54, 1.807) is 6.07 Å². The fourth-order valence-electron chi connectivity index (χ4n) is 1.34. The van der Waals surface area contributed by atoms with Crippen LogP contribution < -0.4 is 5.32 Å². The lowest BCUT2D eigenvalue weighted by Crippen LogP contribution is -2.11. The maximum absolute atomic E-state index is 12.1. The largest absolute Gasteiger partial charge is 0.398 e. The molecular weight excluding hydrogens is 247 g/mol. The van der Waals surface area contributed by atoms with Gasteiger partial charge in [-0.15, -0.1) is 11.8 Å². The summed E-state index contributed by atoms with van der Waals surface area (Å²) in [6.45, 7) is 5.79. The lowest BCUT2D eigenvalue weighted by molar-refractivity contribution is -0.105. The van der Waals surface area contributed by atoms with Crippen LogP contribution >= 0.6 is 11.8 Å². The summed E-state index contributed by atoms with van der Waals surface area (Å²) in [6.07, 6.45) is -4.13. The van der Waals surface area contributed by atoms with Gasteiger partial charge in [-0.25, -0.2) is 0 Å². The monoisotopic (exact) mass is 263 g/mol. The summed E-state index contributed by atoms with van der Waals surface area (Å²) in [5, 5.41) is 3.17. The minimum absolute atomic E-state index is 0.262. The van der Waals surface area contributed by atoms with E-state index in [-0.39, 0.29) is 6.04 Å². The SMILES string of the molecule is Cc1ccc(NC(C)C)cc1SCC(F)(F)F. The highest BCUT2D eigenvalue weighted by atomic mass is 32.2. The van der Waals surface area contributed by atoms with Crippen LogP contribution in [0.2, 0.25) is 0 Å². The van der Waals surface area contributed by atoms with Gasteiger partial charge in [0, 0.05) is 16.6 Å². The Balaban J connectivity index is 2.76. The van der Waals surface area contributed by atoms with Crippen molar-refractivity contribution >= 4 is 17.4 Å². The average Bonchev–Trinajstić information content (AvgIpc) is 2.17. The molecule has 1 rings (SSSR count). The normalized spacial score (nSPS) is 11.9. The lowest BCUT2D eigenvalue weighted by atomic mass is 10.2. The second kappa shape index (κ2) is 5.67. The van der Waals surface area contributed by atoms with E-state index in [0.717, 1.165) is 23.0 Å². The molecular formula is C12H16F3NS. The molecule has 0 aliphatic heterocycles. The standard InChI is InChI=1S/C12H16F3NS/c1-8(2)16-10-5-4-9(3)11(6-10)17-7-12(13,14)15/h4-6,8,16H,7H2,1-3H3. The first kappa shape index (κ1) is 14.2. The summed E-state index contributed by atoms with van der Waals surface area (Å²) in [7, 11) is 0. The Hall–Kier alpha value is -0.840. The number of hydrogen-bond acceptors (Lipinski definition) is 2. The van der Waals surface area contributed by atoms with Crippen LogP contribution in [0, 0.1) is 6.92 Å². The van der Waals surface area contributed by atoms with Crippen molar-refractivity contribution in [2.24, 2.45) is 0 Å². The van der Waals surface area contributed by atoms with Gasteiger partial charge in [-0.05, 0) is 38.5 Å². The van der Waals surface area contributed by atoms with Crippen molar-refractivity contribution in [3.63, 3.8) is 0 Å². The van der Waals surface area contributed by atoms with Gasteiger partial charge >= 0.3 is 6.18 Å². The van der Waals surface area contributed by atoms with E-state index in [4.69, 9.17) is 0 Å². The first-order chi connectivity index (χ1) is 7.78. The van der Waals surface area contributed by atoms with Crippen LogP contribution in [0.3, 0.4) is 0 Å². The molecule has 0 bridgehead atoms. The molecule has 0 saturated heterocycles. The highest BCUT2D eigenvalue weighted by Crippen LogP contribution is 2.31. The predicted molar refractivity (Wildman–Crippen MR) is 66.7 cm³/mol. The van der Waals surface area contributed by atoms with Crippen LogP contribution in [0.15, 0.2) is 23.1 Å². The summed E-state index contributed by atoms with van der Waals surface area (Å²) in [5.74, 6) is -0.848. The highest BCUT2D eigenvalue weighted by molar-refractivity contribution is 7.99. The number of nitrogens with one attached hydrogen (secondary N) is 1. The summed E-state index contributed by atoms with van der Waals surface area (Å²) in [6, 6.07) is 5.75. The van der Waals surface area contributed by atoms with Crippen LogP contribution in [0.25, 0.3) is 0 Å². The number of anilines is 1. The fourth-order valence-corrected chi connectivity index (χ4v) is 2.16. The molecule has 1 aromatic rings. The number of hydrogen-bond donors (Lipinski definition) is 1. The molecule has 96 valence electrons. The minimum Gasteiger partial charge on any atom is -0.383 e. The zero-order valence-electron chi connectivity index (χ0n) is 10.1. The third kappa shape index (κ3) is 5.35. The van der Waals surface area contributed by atoms with Crippen molar-refractivity contribution in [1.82, 2.24) is 0 Å². The van der Waals surface area contributed by atoms with Gasteiger partial charge in [0.05, 0.1) is 5.75 Å². The number of thioether (sulfide) groups is 1. The molecule has 0 fully saturated rings. The van der Waals surface area contributed by atoms with Gasteiger partial charge in [-0.2, -0.15) is 13.2 Å². The van der Waals surface area contributed by atoms with Crippen molar-refractivity contribution in [3.05, 3.63) is 23.8 Å². The van der Waals surface area contributed by atoms with E-state index in [0.29, 0.717) is 4.90 Å². The van der Waals surface area contributed by atoms with Crippen LogP contribution in [0.5, 0.6) is 0 Å². The van der Waals surface area contributed by atoms with E-state index in [1.807, 2.05) is 32.9 Å². The Labute approximate surface area is 104 Å². The van der Waals surface area contributed by atoms with Crippen molar-refractivity contribution in [1.29, 1.82) is 0 Å². The lowest BCUT2D eigenvalue weighted by Gasteiger charge is -2.13. The van der Waals surface area contributed by atoms with Gasteiger partial charge in [-0.3, -0.25) is 0 Å². The molecule has 0 atom stereocenters. The van der Waals surface area contributed by atoms with Gasteiger partial charge < -0.3 is 5.32 Å².